The molecule has 0 aliphatic rings. The van der Waals surface area contributed by atoms with Crippen LogP contribution >= 0.6 is 11.6 Å². The highest BCUT2D eigenvalue weighted by Gasteiger charge is 2.06. The number of halogens is 2. The van der Waals surface area contributed by atoms with Gasteiger partial charge in [0, 0.05) is 24.8 Å². The molecule has 118 valence electrons. The zero-order valence-electron chi connectivity index (χ0n) is 12.4. The van der Waals surface area contributed by atoms with Gasteiger partial charge in [0.1, 0.15) is 11.6 Å². The van der Waals surface area contributed by atoms with Gasteiger partial charge in [0.05, 0.1) is 17.0 Å². The van der Waals surface area contributed by atoms with E-state index in [9.17, 15) is 9.18 Å². The number of imidazole rings is 1. The Hall–Kier alpha value is -2.08. The van der Waals surface area contributed by atoms with Crippen molar-refractivity contribution in [1.29, 1.82) is 0 Å². The average Bonchev–Trinajstić information content (AvgIpc) is 2.80. The van der Waals surface area contributed by atoms with Crippen molar-refractivity contribution in [2.45, 2.75) is 20.4 Å². The van der Waals surface area contributed by atoms with Gasteiger partial charge in [-0.3, -0.25) is 4.79 Å². The van der Waals surface area contributed by atoms with E-state index < -0.39 is 5.82 Å². The molecule has 7 heteroatoms. The number of nitrogens with one attached hydrogen (secondary N) is 1. The molecule has 1 heterocycles. The van der Waals surface area contributed by atoms with Gasteiger partial charge in [0.2, 0.25) is 0 Å². The second-order valence-corrected chi connectivity index (χ2v) is 5.23. The third-order valence-electron chi connectivity index (χ3n) is 3.28. The van der Waals surface area contributed by atoms with Crippen LogP contribution in [0.15, 0.2) is 24.5 Å². The first-order chi connectivity index (χ1) is 10.5. The lowest BCUT2D eigenvalue weighted by atomic mass is 10.3. The molecular formula is C15H17ClFN3O2. The van der Waals surface area contributed by atoms with Crippen LogP contribution in [0, 0.1) is 19.7 Å². The maximum atomic E-state index is 13.0. The Labute approximate surface area is 133 Å². The van der Waals surface area contributed by atoms with E-state index in [0.717, 1.165) is 11.4 Å². The van der Waals surface area contributed by atoms with E-state index in [1.807, 2.05) is 18.4 Å². The van der Waals surface area contributed by atoms with Crippen molar-refractivity contribution in [3.8, 4) is 5.75 Å². The van der Waals surface area contributed by atoms with Crippen LogP contribution in [-0.2, 0) is 11.3 Å². The highest BCUT2D eigenvalue weighted by Crippen LogP contribution is 2.20. The van der Waals surface area contributed by atoms with E-state index in [-0.39, 0.29) is 17.5 Å². The molecule has 1 N–H and O–H groups in total. The van der Waals surface area contributed by atoms with E-state index in [0.29, 0.717) is 18.8 Å². The van der Waals surface area contributed by atoms with Crippen molar-refractivity contribution in [3.63, 3.8) is 0 Å². The molecule has 0 aliphatic carbocycles. The van der Waals surface area contributed by atoms with E-state index >= 15 is 0 Å². The third kappa shape index (κ3) is 4.21. The Morgan fingerprint density at radius 1 is 1.45 bits per heavy atom. The minimum Gasteiger partial charge on any atom is -0.484 e. The number of benzene rings is 1. The van der Waals surface area contributed by atoms with Crippen LogP contribution in [0.4, 0.5) is 4.39 Å². The van der Waals surface area contributed by atoms with Crippen LogP contribution in [0.5, 0.6) is 5.75 Å². The van der Waals surface area contributed by atoms with Crippen LogP contribution in [0.3, 0.4) is 0 Å². The number of aryl methyl sites for hydroxylation is 1. The zero-order chi connectivity index (χ0) is 16.1. The maximum absolute atomic E-state index is 13.0. The summed E-state index contributed by atoms with van der Waals surface area (Å²) >= 11 is 5.63. The van der Waals surface area contributed by atoms with Gasteiger partial charge in [-0.05, 0) is 26.0 Å². The summed E-state index contributed by atoms with van der Waals surface area (Å²) in [6, 6.07) is 3.95. The highest BCUT2D eigenvalue weighted by molar-refractivity contribution is 6.30. The predicted molar refractivity (Wildman–Crippen MR) is 81.6 cm³/mol. The lowest BCUT2D eigenvalue weighted by molar-refractivity contribution is -0.123. The Morgan fingerprint density at radius 3 is 2.86 bits per heavy atom. The standard InChI is InChI=1S/C15H17ClFN3O2/c1-10-11(2)20(9-19-10)6-5-18-15(21)8-22-12-3-4-14(17)13(16)7-12/h3-4,7,9H,5-6,8H2,1-2H3,(H,18,21). The van der Waals surface area contributed by atoms with Gasteiger partial charge in [-0.15, -0.1) is 0 Å². The highest BCUT2D eigenvalue weighted by atomic mass is 35.5. The third-order valence-corrected chi connectivity index (χ3v) is 3.57. The average molecular weight is 326 g/mol. The summed E-state index contributed by atoms with van der Waals surface area (Å²) in [7, 11) is 0. The molecule has 2 rings (SSSR count). The molecule has 0 saturated heterocycles. The normalized spacial score (nSPS) is 10.5. The van der Waals surface area contributed by atoms with Gasteiger partial charge in [-0.1, -0.05) is 11.6 Å². The predicted octanol–water partition coefficient (Wildman–Crippen LogP) is 2.49. The van der Waals surface area contributed by atoms with Gasteiger partial charge >= 0.3 is 0 Å². The van der Waals surface area contributed by atoms with Crippen molar-refractivity contribution in [2.24, 2.45) is 0 Å². The second kappa shape index (κ2) is 7.26. The number of ether oxygens (including phenoxy) is 1. The summed E-state index contributed by atoms with van der Waals surface area (Å²) in [6.07, 6.45) is 1.74. The summed E-state index contributed by atoms with van der Waals surface area (Å²) in [5.41, 5.74) is 2.05. The Morgan fingerprint density at radius 2 is 2.23 bits per heavy atom. The molecule has 0 aliphatic heterocycles. The number of rotatable bonds is 6. The lowest BCUT2D eigenvalue weighted by Crippen LogP contribution is -2.31. The summed E-state index contributed by atoms with van der Waals surface area (Å²) in [4.78, 5) is 15.9. The summed E-state index contributed by atoms with van der Waals surface area (Å²) in [6.45, 7) is 4.88. The number of aromatic nitrogens is 2. The fraction of sp³-hybridized carbons (Fsp3) is 0.333. The number of amides is 1. The van der Waals surface area contributed by atoms with Crippen LogP contribution < -0.4 is 10.1 Å². The van der Waals surface area contributed by atoms with Crippen molar-refractivity contribution < 1.29 is 13.9 Å². The fourth-order valence-electron chi connectivity index (χ4n) is 1.85. The largest absolute Gasteiger partial charge is 0.484 e. The molecule has 1 aromatic carbocycles. The number of hydrogen-bond acceptors (Lipinski definition) is 3. The van der Waals surface area contributed by atoms with Crippen molar-refractivity contribution in [3.05, 3.63) is 46.8 Å². The summed E-state index contributed by atoms with van der Waals surface area (Å²) in [5.74, 6) is -0.429. The Bertz CT molecular complexity index is 673. The molecule has 0 saturated carbocycles. The monoisotopic (exact) mass is 325 g/mol. The smallest absolute Gasteiger partial charge is 0.258 e. The second-order valence-electron chi connectivity index (χ2n) is 4.82. The number of hydrogen-bond donors (Lipinski definition) is 1. The fourth-order valence-corrected chi connectivity index (χ4v) is 2.02. The van der Waals surface area contributed by atoms with Crippen LogP contribution in [0.25, 0.3) is 0 Å². The molecule has 1 amide bonds. The maximum Gasteiger partial charge on any atom is 0.258 e. The first kappa shape index (κ1) is 16.3. The van der Waals surface area contributed by atoms with Gasteiger partial charge < -0.3 is 14.6 Å². The zero-order valence-corrected chi connectivity index (χ0v) is 13.2. The van der Waals surface area contributed by atoms with E-state index in [1.54, 1.807) is 6.33 Å². The van der Waals surface area contributed by atoms with Gasteiger partial charge in [0.25, 0.3) is 5.91 Å². The first-order valence-corrected chi connectivity index (χ1v) is 7.18. The first-order valence-electron chi connectivity index (χ1n) is 6.80. The molecule has 2 aromatic rings. The molecule has 0 spiro atoms. The minimum atomic E-state index is -0.524. The molecule has 0 fully saturated rings. The topological polar surface area (TPSA) is 56.2 Å². The summed E-state index contributed by atoms with van der Waals surface area (Å²) < 4.78 is 20.2. The SMILES string of the molecule is Cc1ncn(CCNC(=O)COc2ccc(F)c(Cl)c2)c1C. The van der Waals surface area contributed by atoms with Crippen molar-refractivity contribution in [1.82, 2.24) is 14.9 Å². The van der Waals surface area contributed by atoms with Crippen molar-refractivity contribution in [2.75, 3.05) is 13.2 Å². The summed E-state index contributed by atoms with van der Waals surface area (Å²) in [5, 5.41) is 2.71. The van der Waals surface area contributed by atoms with E-state index in [4.69, 9.17) is 16.3 Å². The van der Waals surface area contributed by atoms with Gasteiger partial charge in [0.15, 0.2) is 6.61 Å². The Balaban J connectivity index is 1.74. The van der Waals surface area contributed by atoms with Gasteiger partial charge in [-0.2, -0.15) is 0 Å². The number of carbonyl (C=O) groups excluding carboxylic acids is 1. The van der Waals surface area contributed by atoms with Crippen LogP contribution in [0.2, 0.25) is 5.02 Å². The number of carbonyl (C=O) groups is 1. The minimum absolute atomic E-state index is 0.0381. The molecule has 5 nitrogen and oxygen atoms in total. The molecule has 22 heavy (non-hydrogen) atoms. The molecule has 0 unspecified atom stereocenters. The lowest BCUT2D eigenvalue weighted by Gasteiger charge is -2.09. The number of nitrogens with zero attached hydrogens (tertiary/aromatic N) is 2. The molecular weight excluding hydrogens is 309 g/mol. The van der Waals surface area contributed by atoms with Gasteiger partial charge in [-0.25, -0.2) is 9.37 Å². The molecule has 0 bridgehead atoms. The molecule has 0 radical (unpaired) electrons. The molecule has 0 atom stereocenters. The molecule has 1 aromatic heterocycles. The Kier molecular flexibility index (Phi) is 5.38. The van der Waals surface area contributed by atoms with Crippen LogP contribution in [-0.4, -0.2) is 28.6 Å². The quantitative estimate of drug-likeness (QED) is 0.887. The van der Waals surface area contributed by atoms with E-state index in [2.05, 4.69) is 10.3 Å². The van der Waals surface area contributed by atoms with Crippen molar-refractivity contribution >= 4 is 17.5 Å². The van der Waals surface area contributed by atoms with E-state index in [1.165, 1.54) is 18.2 Å². The van der Waals surface area contributed by atoms with Crippen LogP contribution in [0.1, 0.15) is 11.4 Å².